The Labute approximate surface area is 140 Å². The molecule has 0 aliphatic heterocycles. The molecule has 0 unspecified atom stereocenters. The molecule has 3 aromatic rings. The van der Waals surface area contributed by atoms with Gasteiger partial charge in [0, 0.05) is 18.0 Å². The van der Waals surface area contributed by atoms with Crippen LogP contribution in [-0.4, -0.2) is 22.6 Å². The Morgan fingerprint density at radius 3 is 2.17 bits per heavy atom. The van der Waals surface area contributed by atoms with E-state index in [2.05, 4.69) is 10.3 Å². The number of aliphatic hydroxyl groups excluding tert-OH is 1. The number of nitrogens with zero attached hydrogens (tertiary/aromatic N) is 1. The summed E-state index contributed by atoms with van der Waals surface area (Å²) in [5, 5.41) is 12.4. The quantitative estimate of drug-likeness (QED) is 0.759. The summed E-state index contributed by atoms with van der Waals surface area (Å²) in [6.07, 6.45) is 3.48. The Bertz CT molecular complexity index is 787. The van der Waals surface area contributed by atoms with Crippen molar-refractivity contribution in [1.29, 1.82) is 0 Å². The van der Waals surface area contributed by atoms with Gasteiger partial charge in [-0.1, -0.05) is 42.5 Å². The zero-order valence-corrected chi connectivity index (χ0v) is 13.1. The highest BCUT2D eigenvalue weighted by Gasteiger charge is 2.14. The molecule has 0 saturated heterocycles. The molecule has 4 nitrogen and oxygen atoms in total. The largest absolute Gasteiger partial charge is 0.394 e. The summed E-state index contributed by atoms with van der Waals surface area (Å²) in [6.45, 7) is -0.148. The van der Waals surface area contributed by atoms with Crippen LogP contribution in [0.5, 0.6) is 0 Å². The molecule has 3 rings (SSSR count). The predicted molar refractivity (Wildman–Crippen MR) is 93.4 cm³/mol. The predicted octanol–water partition coefficient (Wildman–Crippen LogP) is 3.21. The van der Waals surface area contributed by atoms with E-state index < -0.39 is 6.04 Å². The molecular formula is C20H18N2O2. The van der Waals surface area contributed by atoms with E-state index in [1.807, 2.05) is 54.6 Å². The van der Waals surface area contributed by atoms with E-state index in [0.717, 1.165) is 16.7 Å². The highest BCUT2D eigenvalue weighted by Crippen LogP contribution is 2.19. The zero-order valence-electron chi connectivity index (χ0n) is 13.1. The molecule has 4 heteroatoms. The molecule has 0 radical (unpaired) electrons. The van der Waals surface area contributed by atoms with Gasteiger partial charge in [0.1, 0.15) is 0 Å². The fourth-order valence-electron chi connectivity index (χ4n) is 2.52. The molecule has 1 atom stereocenters. The molecule has 0 fully saturated rings. The van der Waals surface area contributed by atoms with E-state index in [4.69, 9.17) is 0 Å². The van der Waals surface area contributed by atoms with Crippen LogP contribution in [0.15, 0.2) is 79.1 Å². The number of benzene rings is 2. The second-order valence-electron chi connectivity index (χ2n) is 5.43. The lowest BCUT2D eigenvalue weighted by Crippen LogP contribution is -2.30. The molecule has 120 valence electrons. The standard InChI is InChI=1S/C20H18N2O2/c23-14-19(17-4-2-1-3-5-17)22-20(24)18-8-6-15(7-9-18)16-10-12-21-13-11-16/h1-13,19,23H,14H2,(H,22,24)/t19-/m0/s1. The number of rotatable bonds is 5. The highest BCUT2D eigenvalue weighted by molar-refractivity contribution is 5.95. The normalized spacial score (nSPS) is 11.7. The summed E-state index contributed by atoms with van der Waals surface area (Å²) in [4.78, 5) is 16.4. The third-order valence-corrected chi connectivity index (χ3v) is 3.85. The Balaban J connectivity index is 1.73. The van der Waals surface area contributed by atoms with E-state index in [-0.39, 0.29) is 12.5 Å². The third-order valence-electron chi connectivity index (χ3n) is 3.85. The number of pyridine rings is 1. The van der Waals surface area contributed by atoms with Crippen LogP contribution in [0.1, 0.15) is 22.0 Å². The Morgan fingerprint density at radius 1 is 0.917 bits per heavy atom. The van der Waals surface area contributed by atoms with Crippen LogP contribution in [0.25, 0.3) is 11.1 Å². The minimum absolute atomic E-state index is 0.148. The van der Waals surface area contributed by atoms with Gasteiger partial charge in [0.05, 0.1) is 12.6 Å². The number of carbonyl (C=O) groups excluding carboxylic acids is 1. The molecule has 1 aromatic heterocycles. The van der Waals surface area contributed by atoms with E-state index in [9.17, 15) is 9.90 Å². The molecule has 1 amide bonds. The lowest BCUT2D eigenvalue weighted by atomic mass is 10.0. The number of hydrogen-bond donors (Lipinski definition) is 2. The number of aliphatic hydroxyl groups is 1. The number of hydrogen-bond acceptors (Lipinski definition) is 3. The van der Waals surface area contributed by atoms with Crippen LogP contribution < -0.4 is 5.32 Å². The molecule has 1 heterocycles. The first-order valence-corrected chi connectivity index (χ1v) is 7.75. The Kier molecular flexibility index (Phi) is 4.99. The first-order valence-electron chi connectivity index (χ1n) is 7.75. The van der Waals surface area contributed by atoms with Gasteiger partial charge in [0.15, 0.2) is 0 Å². The van der Waals surface area contributed by atoms with Crippen LogP contribution in [-0.2, 0) is 0 Å². The lowest BCUT2D eigenvalue weighted by Gasteiger charge is -2.17. The smallest absolute Gasteiger partial charge is 0.251 e. The van der Waals surface area contributed by atoms with Crippen molar-refractivity contribution in [3.8, 4) is 11.1 Å². The topological polar surface area (TPSA) is 62.2 Å². The molecular weight excluding hydrogens is 300 g/mol. The highest BCUT2D eigenvalue weighted by atomic mass is 16.3. The van der Waals surface area contributed by atoms with Gasteiger partial charge in [-0.25, -0.2) is 0 Å². The average molecular weight is 318 g/mol. The van der Waals surface area contributed by atoms with Gasteiger partial charge in [-0.2, -0.15) is 0 Å². The first kappa shape index (κ1) is 15.9. The van der Waals surface area contributed by atoms with Gasteiger partial charge in [-0.15, -0.1) is 0 Å². The van der Waals surface area contributed by atoms with Crippen molar-refractivity contribution in [3.05, 3.63) is 90.3 Å². The van der Waals surface area contributed by atoms with Crippen molar-refractivity contribution < 1.29 is 9.90 Å². The molecule has 0 bridgehead atoms. The van der Waals surface area contributed by atoms with Crippen molar-refractivity contribution in [2.45, 2.75) is 6.04 Å². The second-order valence-corrected chi connectivity index (χ2v) is 5.43. The summed E-state index contributed by atoms with van der Waals surface area (Å²) in [5.41, 5.74) is 3.51. The summed E-state index contributed by atoms with van der Waals surface area (Å²) in [7, 11) is 0. The van der Waals surface area contributed by atoms with Gasteiger partial charge >= 0.3 is 0 Å². The van der Waals surface area contributed by atoms with E-state index >= 15 is 0 Å². The van der Waals surface area contributed by atoms with Crippen molar-refractivity contribution in [2.24, 2.45) is 0 Å². The number of nitrogens with one attached hydrogen (secondary N) is 1. The maximum atomic E-state index is 12.4. The van der Waals surface area contributed by atoms with Crippen LogP contribution in [0, 0.1) is 0 Å². The molecule has 0 saturated carbocycles. The van der Waals surface area contributed by atoms with E-state index in [1.165, 1.54) is 0 Å². The van der Waals surface area contributed by atoms with Gasteiger partial charge < -0.3 is 10.4 Å². The van der Waals surface area contributed by atoms with Crippen molar-refractivity contribution in [3.63, 3.8) is 0 Å². The summed E-state index contributed by atoms with van der Waals surface area (Å²) >= 11 is 0. The van der Waals surface area contributed by atoms with Crippen molar-refractivity contribution >= 4 is 5.91 Å². The molecule has 2 aromatic carbocycles. The molecule has 24 heavy (non-hydrogen) atoms. The monoisotopic (exact) mass is 318 g/mol. The third kappa shape index (κ3) is 3.67. The SMILES string of the molecule is O=C(N[C@@H](CO)c1ccccc1)c1ccc(-c2ccncc2)cc1. The van der Waals surface area contributed by atoms with Gasteiger partial charge in [0.2, 0.25) is 0 Å². The average Bonchev–Trinajstić information content (AvgIpc) is 2.67. The molecule has 0 spiro atoms. The lowest BCUT2D eigenvalue weighted by molar-refractivity contribution is 0.0916. The zero-order chi connectivity index (χ0) is 16.8. The Morgan fingerprint density at radius 2 is 1.54 bits per heavy atom. The minimum Gasteiger partial charge on any atom is -0.394 e. The van der Waals surface area contributed by atoms with Gasteiger partial charge in [0.25, 0.3) is 5.91 Å². The summed E-state index contributed by atoms with van der Waals surface area (Å²) in [6, 6.07) is 20.2. The summed E-state index contributed by atoms with van der Waals surface area (Å²) < 4.78 is 0. The van der Waals surface area contributed by atoms with Crippen molar-refractivity contribution in [1.82, 2.24) is 10.3 Å². The first-order chi connectivity index (χ1) is 11.8. The minimum atomic E-state index is -0.418. The van der Waals surface area contributed by atoms with Crippen LogP contribution in [0.2, 0.25) is 0 Å². The summed E-state index contributed by atoms with van der Waals surface area (Å²) in [5.74, 6) is -0.209. The van der Waals surface area contributed by atoms with Crippen molar-refractivity contribution in [2.75, 3.05) is 6.61 Å². The number of carbonyl (C=O) groups is 1. The van der Waals surface area contributed by atoms with E-state index in [1.54, 1.807) is 24.5 Å². The van der Waals surface area contributed by atoms with Crippen LogP contribution >= 0.6 is 0 Å². The molecule has 0 aliphatic carbocycles. The van der Waals surface area contributed by atoms with Crippen LogP contribution in [0.4, 0.5) is 0 Å². The maximum absolute atomic E-state index is 12.4. The molecule has 0 aliphatic rings. The van der Waals surface area contributed by atoms with Gasteiger partial charge in [-0.05, 0) is 41.0 Å². The number of amides is 1. The molecule has 2 N–H and O–H groups in total. The fraction of sp³-hybridized carbons (Fsp3) is 0.100. The van der Waals surface area contributed by atoms with Crippen LogP contribution in [0.3, 0.4) is 0 Å². The fourth-order valence-corrected chi connectivity index (χ4v) is 2.52. The van der Waals surface area contributed by atoms with Gasteiger partial charge in [-0.3, -0.25) is 9.78 Å². The maximum Gasteiger partial charge on any atom is 0.251 e. The number of aromatic nitrogens is 1. The Hall–Kier alpha value is -2.98. The second kappa shape index (κ2) is 7.53. The van der Waals surface area contributed by atoms with E-state index in [0.29, 0.717) is 5.56 Å².